The molecule has 4 nitrogen and oxygen atoms in total. The summed E-state index contributed by atoms with van der Waals surface area (Å²) in [5.74, 6) is -0.775. The molecule has 1 amide bonds. The first kappa shape index (κ1) is 12.0. The molecule has 2 atom stereocenters. The van der Waals surface area contributed by atoms with Gasteiger partial charge in [-0.15, -0.1) is 0 Å². The Morgan fingerprint density at radius 2 is 2.27 bits per heavy atom. The molecule has 15 heavy (non-hydrogen) atoms. The number of carbonyl (C=O) groups excluding carboxylic acids is 1. The second-order valence-electron chi connectivity index (χ2n) is 4.30. The normalized spacial score (nSPS) is 30.9. The van der Waals surface area contributed by atoms with Gasteiger partial charge in [-0.25, -0.2) is 4.79 Å². The number of carboxylic acids is 1. The lowest BCUT2D eigenvalue weighted by molar-refractivity contribution is -0.161. The average molecular weight is 213 g/mol. The van der Waals surface area contributed by atoms with Gasteiger partial charge in [0.25, 0.3) is 0 Å². The molecule has 1 saturated carbocycles. The van der Waals surface area contributed by atoms with Gasteiger partial charge < -0.3 is 10.0 Å². The third kappa shape index (κ3) is 1.85. The number of hydrogen-bond acceptors (Lipinski definition) is 2. The van der Waals surface area contributed by atoms with Crippen LogP contribution < -0.4 is 0 Å². The van der Waals surface area contributed by atoms with E-state index in [1.54, 1.807) is 7.05 Å². The summed E-state index contributed by atoms with van der Waals surface area (Å²) in [6.07, 6.45) is 4.89. The molecule has 1 N–H and O–H groups in total. The number of hydrogen-bond donors (Lipinski definition) is 1. The summed E-state index contributed by atoms with van der Waals surface area (Å²) in [4.78, 5) is 23.6. The number of likely N-dealkylation sites (N-methyl/N-ethyl adjacent to an activating group) is 1. The molecule has 0 aromatic heterocycles. The maximum atomic E-state index is 11.4. The van der Waals surface area contributed by atoms with Crippen molar-refractivity contribution in [1.29, 1.82) is 0 Å². The Bertz CT molecular complexity index is 254. The highest BCUT2D eigenvalue weighted by atomic mass is 16.4. The van der Waals surface area contributed by atoms with Crippen LogP contribution in [0.1, 0.15) is 39.0 Å². The van der Waals surface area contributed by atoms with Crippen LogP contribution >= 0.6 is 0 Å². The summed E-state index contributed by atoms with van der Waals surface area (Å²) in [5.41, 5.74) is -0.964. The minimum absolute atomic E-state index is 0.0824. The zero-order valence-electron chi connectivity index (χ0n) is 9.40. The van der Waals surface area contributed by atoms with Crippen LogP contribution in [0.25, 0.3) is 0 Å². The van der Waals surface area contributed by atoms with Crippen LogP contribution in [0.3, 0.4) is 0 Å². The van der Waals surface area contributed by atoms with E-state index in [1.807, 2.05) is 6.92 Å². The van der Waals surface area contributed by atoms with Gasteiger partial charge >= 0.3 is 5.97 Å². The van der Waals surface area contributed by atoms with E-state index in [0.29, 0.717) is 12.8 Å². The lowest BCUT2D eigenvalue weighted by Crippen LogP contribution is -2.58. The van der Waals surface area contributed by atoms with Gasteiger partial charge in [-0.1, -0.05) is 26.2 Å². The van der Waals surface area contributed by atoms with Gasteiger partial charge in [0, 0.05) is 7.05 Å². The Labute approximate surface area is 90.3 Å². The van der Waals surface area contributed by atoms with Crippen molar-refractivity contribution in [2.45, 2.75) is 44.6 Å². The first-order valence-corrected chi connectivity index (χ1v) is 5.51. The molecular formula is C11H19NO3. The van der Waals surface area contributed by atoms with Crippen molar-refractivity contribution < 1.29 is 14.7 Å². The van der Waals surface area contributed by atoms with E-state index in [9.17, 15) is 14.7 Å². The Balaban J connectivity index is 3.04. The topological polar surface area (TPSA) is 57.6 Å². The second kappa shape index (κ2) is 4.64. The molecule has 1 fully saturated rings. The minimum Gasteiger partial charge on any atom is -0.479 e. The number of aliphatic carboxylic acids is 1. The maximum absolute atomic E-state index is 11.4. The number of nitrogens with zero attached hydrogens (tertiary/aromatic N) is 1. The molecule has 1 aliphatic rings. The molecule has 0 aliphatic heterocycles. The summed E-state index contributed by atoms with van der Waals surface area (Å²) < 4.78 is 0. The van der Waals surface area contributed by atoms with Crippen LogP contribution in [-0.4, -0.2) is 35.0 Å². The fraction of sp³-hybridized carbons (Fsp3) is 0.818. The number of rotatable bonds is 4. The van der Waals surface area contributed by atoms with Crippen LogP contribution in [0.2, 0.25) is 0 Å². The standard InChI is InChI=1S/C11H19NO3/c1-3-9-6-4-5-7-11(9,10(14)15)12(2)8-13/h8-9H,3-7H2,1-2H3,(H,14,15). The Kier molecular flexibility index (Phi) is 3.72. The van der Waals surface area contributed by atoms with E-state index >= 15 is 0 Å². The van der Waals surface area contributed by atoms with Gasteiger partial charge in [-0.05, 0) is 18.8 Å². The zero-order chi connectivity index (χ0) is 11.5. The van der Waals surface area contributed by atoms with E-state index < -0.39 is 11.5 Å². The summed E-state index contributed by atoms with van der Waals surface area (Å²) >= 11 is 0. The van der Waals surface area contributed by atoms with E-state index in [4.69, 9.17) is 0 Å². The third-order valence-electron chi connectivity index (χ3n) is 3.69. The lowest BCUT2D eigenvalue weighted by Gasteiger charge is -2.45. The maximum Gasteiger partial charge on any atom is 0.329 e. The van der Waals surface area contributed by atoms with Gasteiger partial charge in [-0.2, -0.15) is 0 Å². The molecule has 0 spiro atoms. The first-order chi connectivity index (χ1) is 7.09. The van der Waals surface area contributed by atoms with Crippen molar-refractivity contribution in [2.75, 3.05) is 7.05 Å². The molecule has 0 bridgehead atoms. The summed E-state index contributed by atoms with van der Waals surface area (Å²) in [6.45, 7) is 1.99. The summed E-state index contributed by atoms with van der Waals surface area (Å²) in [5, 5.41) is 9.39. The largest absolute Gasteiger partial charge is 0.479 e. The van der Waals surface area contributed by atoms with Crippen LogP contribution in [-0.2, 0) is 9.59 Å². The lowest BCUT2D eigenvalue weighted by atomic mass is 9.70. The Morgan fingerprint density at radius 3 is 2.73 bits per heavy atom. The van der Waals surface area contributed by atoms with Crippen LogP contribution in [0, 0.1) is 5.92 Å². The minimum atomic E-state index is -0.964. The fourth-order valence-electron chi connectivity index (χ4n) is 2.76. The predicted octanol–water partition coefficient (Wildman–Crippen LogP) is 1.50. The van der Waals surface area contributed by atoms with Crippen LogP contribution in [0.15, 0.2) is 0 Å². The monoisotopic (exact) mass is 213 g/mol. The quantitative estimate of drug-likeness (QED) is 0.720. The van der Waals surface area contributed by atoms with Gasteiger partial charge in [0.2, 0.25) is 6.41 Å². The molecular weight excluding hydrogens is 194 g/mol. The van der Waals surface area contributed by atoms with Crippen molar-refractivity contribution in [2.24, 2.45) is 5.92 Å². The first-order valence-electron chi connectivity index (χ1n) is 5.51. The van der Waals surface area contributed by atoms with Crippen molar-refractivity contribution >= 4 is 12.4 Å². The summed E-state index contributed by atoms with van der Waals surface area (Å²) in [6, 6.07) is 0. The predicted molar refractivity (Wildman–Crippen MR) is 56.4 cm³/mol. The third-order valence-corrected chi connectivity index (χ3v) is 3.69. The molecule has 0 heterocycles. The summed E-state index contributed by atoms with van der Waals surface area (Å²) in [7, 11) is 1.58. The van der Waals surface area contributed by atoms with Gasteiger partial charge in [0.1, 0.15) is 5.54 Å². The molecule has 1 rings (SSSR count). The number of carbonyl (C=O) groups is 2. The van der Waals surface area contributed by atoms with E-state index in [2.05, 4.69) is 0 Å². The highest BCUT2D eigenvalue weighted by molar-refractivity contribution is 5.82. The molecule has 4 heteroatoms. The molecule has 0 saturated heterocycles. The second-order valence-corrected chi connectivity index (χ2v) is 4.30. The number of carboxylic acid groups (broad SMARTS) is 1. The van der Waals surface area contributed by atoms with E-state index in [1.165, 1.54) is 4.90 Å². The SMILES string of the molecule is CCC1CCCCC1(C(=O)O)N(C)C=O. The van der Waals surface area contributed by atoms with Crippen molar-refractivity contribution in [1.82, 2.24) is 4.90 Å². The smallest absolute Gasteiger partial charge is 0.329 e. The van der Waals surface area contributed by atoms with Gasteiger partial charge in [0.05, 0.1) is 0 Å². The van der Waals surface area contributed by atoms with Crippen molar-refractivity contribution in [3.8, 4) is 0 Å². The highest BCUT2D eigenvalue weighted by Gasteiger charge is 2.49. The molecule has 0 aromatic carbocycles. The number of amides is 1. The Morgan fingerprint density at radius 1 is 1.60 bits per heavy atom. The molecule has 86 valence electrons. The van der Waals surface area contributed by atoms with E-state index in [0.717, 1.165) is 25.7 Å². The highest BCUT2D eigenvalue weighted by Crippen LogP contribution is 2.39. The molecule has 0 radical (unpaired) electrons. The molecule has 1 aliphatic carbocycles. The van der Waals surface area contributed by atoms with E-state index in [-0.39, 0.29) is 5.92 Å². The van der Waals surface area contributed by atoms with Crippen molar-refractivity contribution in [3.05, 3.63) is 0 Å². The fourth-order valence-corrected chi connectivity index (χ4v) is 2.76. The van der Waals surface area contributed by atoms with Crippen LogP contribution in [0.4, 0.5) is 0 Å². The van der Waals surface area contributed by atoms with Crippen LogP contribution in [0.5, 0.6) is 0 Å². The molecule has 2 unspecified atom stereocenters. The van der Waals surface area contributed by atoms with Crippen molar-refractivity contribution in [3.63, 3.8) is 0 Å². The zero-order valence-corrected chi connectivity index (χ0v) is 9.40. The molecule has 0 aromatic rings. The average Bonchev–Trinajstić information content (AvgIpc) is 2.27. The Hall–Kier alpha value is -1.06. The van der Waals surface area contributed by atoms with Gasteiger partial charge in [-0.3, -0.25) is 4.79 Å². The van der Waals surface area contributed by atoms with Gasteiger partial charge in [0.15, 0.2) is 0 Å².